The first-order chi connectivity index (χ1) is 10.9. The molecular weight excluding hydrogens is 294 g/mol. The number of anilines is 1. The van der Waals surface area contributed by atoms with E-state index in [0.29, 0.717) is 30.2 Å². The number of carbonyl (C=O) groups excluding carboxylic acids is 1. The first kappa shape index (κ1) is 16.8. The van der Waals surface area contributed by atoms with Gasteiger partial charge in [-0.15, -0.1) is 0 Å². The largest absolute Gasteiger partial charge is 0.490 e. The molecule has 0 radical (unpaired) electrons. The molecule has 5 nitrogen and oxygen atoms in total. The number of benzene rings is 2. The number of aliphatic hydroxyl groups is 1. The van der Waals surface area contributed by atoms with Gasteiger partial charge in [0.2, 0.25) is 0 Å². The summed E-state index contributed by atoms with van der Waals surface area (Å²) in [4.78, 5) is 11.9. The standard InChI is InChI=1S/C18H21NO4/c1-18(2,21)17(20)13-3-7-15(8-4-13)22-11-12-23-16-9-5-14(19)6-10-16/h3-10,21H,11-12,19H2,1-2H3. The molecule has 2 aromatic rings. The van der Waals surface area contributed by atoms with Crippen LogP contribution in [0.1, 0.15) is 24.2 Å². The van der Waals surface area contributed by atoms with E-state index in [9.17, 15) is 9.90 Å². The van der Waals surface area contributed by atoms with Crippen molar-refractivity contribution in [3.05, 3.63) is 54.1 Å². The Hall–Kier alpha value is -2.53. The summed E-state index contributed by atoms with van der Waals surface area (Å²) in [5.74, 6) is 1.04. The van der Waals surface area contributed by atoms with Gasteiger partial charge in [-0.2, -0.15) is 0 Å². The van der Waals surface area contributed by atoms with E-state index in [1.807, 2.05) is 0 Å². The maximum atomic E-state index is 11.9. The van der Waals surface area contributed by atoms with E-state index in [1.54, 1.807) is 48.5 Å². The highest BCUT2D eigenvalue weighted by atomic mass is 16.5. The number of hydrogen-bond donors (Lipinski definition) is 2. The number of nitrogen functional groups attached to an aromatic ring is 1. The van der Waals surface area contributed by atoms with Crippen molar-refractivity contribution in [2.75, 3.05) is 18.9 Å². The average molecular weight is 315 g/mol. The van der Waals surface area contributed by atoms with Crippen molar-refractivity contribution in [2.45, 2.75) is 19.4 Å². The van der Waals surface area contributed by atoms with E-state index in [4.69, 9.17) is 15.2 Å². The Morgan fingerprint density at radius 3 is 1.83 bits per heavy atom. The molecule has 0 saturated carbocycles. The summed E-state index contributed by atoms with van der Waals surface area (Å²) in [6, 6.07) is 13.8. The average Bonchev–Trinajstić information content (AvgIpc) is 2.52. The van der Waals surface area contributed by atoms with Crippen LogP contribution >= 0.6 is 0 Å². The number of Topliss-reactive ketones (excluding diaryl/α,β-unsaturated/α-hetero) is 1. The molecule has 0 unspecified atom stereocenters. The van der Waals surface area contributed by atoms with Crippen LogP contribution in [-0.4, -0.2) is 29.7 Å². The lowest BCUT2D eigenvalue weighted by Gasteiger charge is -2.15. The molecule has 2 rings (SSSR count). The van der Waals surface area contributed by atoms with Crippen LogP contribution in [0.15, 0.2) is 48.5 Å². The van der Waals surface area contributed by atoms with E-state index in [-0.39, 0.29) is 5.78 Å². The zero-order chi connectivity index (χ0) is 16.9. The summed E-state index contributed by atoms with van der Waals surface area (Å²) in [7, 11) is 0. The Labute approximate surface area is 135 Å². The van der Waals surface area contributed by atoms with Crippen molar-refractivity contribution in [3.63, 3.8) is 0 Å². The molecule has 5 heteroatoms. The number of nitrogens with two attached hydrogens (primary N) is 1. The lowest BCUT2D eigenvalue weighted by Crippen LogP contribution is -2.30. The highest BCUT2D eigenvalue weighted by molar-refractivity contribution is 6.01. The van der Waals surface area contributed by atoms with Crippen molar-refractivity contribution in [3.8, 4) is 11.5 Å². The monoisotopic (exact) mass is 315 g/mol. The predicted molar refractivity (Wildman–Crippen MR) is 88.9 cm³/mol. The highest BCUT2D eigenvalue weighted by Gasteiger charge is 2.24. The van der Waals surface area contributed by atoms with Crippen molar-refractivity contribution in [1.82, 2.24) is 0 Å². The molecule has 0 spiro atoms. The Morgan fingerprint density at radius 2 is 1.39 bits per heavy atom. The van der Waals surface area contributed by atoms with Gasteiger partial charge in [0, 0.05) is 11.3 Å². The molecule has 122 valence electrons. The van der Waals surface area contributed by atoms with E-state index in [0.717, 1.165) is 5.75 Å². The molecule has 23 heavy (non-hydrogen) atoms. The molecule has 3 N–H and O–H groups in total. The second-order valence-electron chi connectivity index (χ2n) is 5.68. The molecular formula is C18H21NO4. The van der Waals surface area contributed by atoms with E-state index < -0.39 is 5.60 Å². The summed E-state index contributed by atoms with van der Waals surface area (Å²) in [6.45, 7) is 3.71. The fraction of sp³-hybridized carbons (Fsp3) is 0.278. The minimum absolute atomic E-state index is 0.323. The van der Waals surface area contributed by atoms with Gasteiger partial charge in [0.05, 0.1) is 0 Å². The van der Waals surface area contributed by atoms with Gasteiger partial charge < -0.3 is 20.3 Å². The van der Waals surface area contributed by atoms with Crippen LogP contribution in [0.3, 0.4) is 0 Å². The smallest absolute Gasteiger partial charge is 0.193 e. The summed E-state index contributed by atoms with van der Waals surface area (Å²) < 4.78 is 11.1. The zero-order valence-electron chi connectivity index (χ0n) is 13.3. The van der Waals surface area contributed by atoms with Crippen LogP contribution in [0.25, 0.3) is 0 Å². The van der Waals surface area contributed by atoms with Crippen LogP contribution in [0.5, 0.6) is 11.5 Å². The SMILES string of the molecule is CC(C)(O)C(=O)c1ccc(OCCOc2ccc(N)cc2)cc1. The van der Waals surface area contributed by atoms with Gasteiger partial charge in [-0.25, -0.2) is 0 Å². The minimum Gasteiger partial charge on any atom is -0.490 e. The van der Waals surface area contributed by atoms with Gasteiger partial charge in [-0.05, 0) is 62.4 Å². The number of carbonyl (C=O) groups is 1. The molecule has 0 fully saturated rings. The fourth-order valence-corrected chi connectivity index (χ4v) is 1.94. The van der Waals surface area contributed by atoms with Crippen molar-refractivity contribution in [2.24, 2.45) is 0 Å². The zero-order valence-corrected chi connectivity index (χ0v) is 13.3. The van der Waals surface area contributed by atoms with E-state index >= 15 is 0 Å². The quantitative estimate of drug-likeness (QED) is 0.466. The van der Waals surface area contributed by atoms with Crippen molar-refractivity contribution in [1.29, 1.82) is 0 Å². The number of rotatable bonds is 7. The summed E-state index contributed by atoms with van der Waals surface area (Å²) in [5.41, 5.74) is 5.35. The second kappa shape index (κ2) is 7.15. The lowest BCUT2D eigenvalue weighted by atomic mass is 9.97. The molecule has 0 atom stereocenters. The van der Waals surface area contributed by atoms with Crippen LogP contribution in [-0.2, 0) is 0 Å². The first-order valence-electron chi connectivity index (χ1n) is 7.34. The van der Waals surface area contributed by atoms with Crippen LogP contribution in [0.4, 0.5) is 5.69 Å². The third-order valence-corrected chi connectivity index (χ3v) is 3.17. The van der Waals surface area contributed by atoms with Crippen LogP contribution < -0.4 is 15.2 Å². The minimum atomic E-state index is -1.38. The Morgan fingerprint density at radius 1 is 0.957 bits per heavy atom. The second-order valence-corrected chi connectivity index (χ2v) is 5.68. The number of ether oxygens (including phenoxy) is 2. The summed E-state index contributed by atoms with van der Waals surface area (Å²) >= 11 is 0. The predicted octanol–water partition coefficient (Wildman–Crippen LogP) is 2.68. The molecule has 0 aliphatic heterocycles. The van der Waals surface area contributed by atoms with Gasteiger partial charge in [0.1, 0.15) is 30.3 Å². The molecule has 0 amide bonds. The summed E-state index contributed by atoms with van der Waals surface area (Å²) in [6.07, 6.45) is 0. The van der Waals surface area contributed by atoms with Gasteiger partial charge in [-0.1, -0.05) is 0 Å². The van der Waals surface area contributed by atoms with Gasteiger partial charge in [-0.3, -0.25) is 4.79 Å². The molecule has 2 aromatic carbocycles. The summed E-state index contributed by atoms with van der Waals surface area (Å²) in [5, 5.41) is 9.70. The molecule has 0 saturated heterocycles. The Kier molecular flexibility index (Phi) is 5.24. The van der Waals surface area contributed by atoms with Gasteiger partial charge >= 0.3 is 0 Å². The third kappa shape index (κ3) is 5.00. The normalized spacial score (nSPS) is 11.1. The Bertz CT molecular complexity index is 642. The molecule has 0 aromatic heterocycles. The maximum absolute atomic E-state index is 11.9. The van der Waals surface area contributed by atoms with E-state index in [2.05, 4.69) is 0 Å². The Balaban J connectivity index is 1.80. The first-order valence-corrected chi connectivity index (χ1v) is 7.34. The number of ketones is 1. The van der Waals surface area contributed by atoms with Crippen molar-refractivity contribution >= 4 is 11.5 Å². The molecule has 0 heterocycles. The highest BCUT2D eigenvalue weighted by Crippen LogP contribution is 2.17. The fourth-order valence-electron chi connectivity index (χ4n) is 1.94. The van der Waals surface area contributed by atoms with Crippen molar-refractivity contribution < 1.29 is 19.4 Å². The third-order valence-electron chi connectivity index (χ3n) is 3.17. The molecule has 0 aliphatic carbocycles. The topological polar surface area (TPSA) is 81.8 Å². The molecule has 0 aliphatic rings. The van der Waals surface area contributed by atoms with Crippen LogP contribution in [0.2, 0.25) is 0 Å². The van der Waals surface area contributed by atoms with E-state index in [1.165, 1.54) is 13.8 Å². The van der Waals surface area contributed by atoms with Crippen LogP contribution in [0, 0.1) is 0 Å². The number of hydrogen-bond acceptors (Lipinski definition) is 5. The van der Waals surface area contributed by atoms with Gasteiger partial charge in [0.25, 0.3) is 0 Å². The maximum Gasteiger partial charge on any atom is 0.193 e. The molecule has 0 bridgehead atoms. The van der Waals surface area contributed by atoms with Gasteiger partial charge in [0.15, 0.2) is 5.78 Å². The lowest BCUT2D eigenvalue weighted by molar-refractivity contribution is 0.0488.